The fourth-order valence-electron chi connectivity index (χ4n) is 2.07. The van der Waals surface area contributed by atoms with Crippen LogP contribution < -0.4 is 5.32 Å². The smallest absolute Gasteiger partial charge is 0.224 e. The number of nitrogens with zero attached hydrogens (tertiary/aromatic N) is 1. The second kappa shape index (κ2) is 9.62. The summed E-state index contributed by atoms with van der Waals surface area (Å²) < 4.78 is 0.967. The first kappa shape index (κ1) is 18.7. The Morgan fingerprint density at radius 2 is 2.00 bits per heavy atom. The molecule has 0 radical (unpaired) electrons. The lowest BCUT2D eigenvalue weighted by Gasteiger charge is -2.22. The highest BCUT2D eigenvalue weighted by Gasteiger charge is 2.10. The first-order chi connectivity index (χ1) is 10.4. The Morgan fingerprint density at radius 1 is 1.27 bits per heavy atom. The molecule has 22 heavy (non-hydrogen) atoms. The average molecular weight is 369 g/mol. The predicted octanol–water partition coefficient (Wildman–Crippen LogP) is 3.00. The van der Waals surface area contributed by atoms with Gasteiger partial charge in [-0.1, -0.05) is 41.9 Å². The summed E-state index contributed by atoms with van der Waals surface area (Å²) in [6.07, 6.45) is 1.33. The molecule has 1 aromatic rings. The lowest BCUT2D eigenvalue weighted by molar-refractivity contribution is -0.129. The first-order valence-corrected chi connectivity index (χ1v) is 8.44. The molecule has 0 saturated heterocycles. The third-order valence-corrected chi connectivity index (χ3v) is 3.87. The molecule has 0 saturated carbocycles. The minimum absolute atomic E-state index is 0.0227. The summed E-state index contributed by atoms with van der Waals surface area (Å²) >= 11 is 3.39. The predicted molar refractivity (Wildman–Crippen MR) is 92.6 cm³/mol. The van der Waals surface area contributed by atoms with E-state index in [1.54, 1.807) is 11.8 Å². The second-order valence-corrected chi connectivity index (χ2v) is 6.76. The van der Waals surface area contributed by atoms with E-state index in [1.165, 1.54) is 0 Å². The van der Waals surface area contributed by atoms with E-state index in [9.17, 15) is 9.59 Å². The van der Waals surface area contributed by atoms with Gasteiger partial charge in [-0.25, -0.2) is 0 Å². The molecule has 4 nitrogen and oxygen atoms in total. The van der Waals surface area contributed by atoms with E-state index in [0.717, 1.165) is 23.0 Å². The summed E-state index contributed by atoms with van der Waals surface area (Å²) in [4.78, 5) is 25.3. The molecule has 0 spiro atoms. The normalized spacial score (nSPS) is 10.6. The molecule has 1 rings (SSSR count). The molecule has 0 aromatic heterocycles. The number of carbonyl (C=O) groups excluding carboxylic acids is 2. The van der Waals surface area contributed by atoms with E-state index in [1.807, 2.05) is 24.3 Å². The molecule has 1 N–H and O–H groups in total. The maximum atomic E-state index is 11.9. The standard InChI is InChI=1S/C17H25BrN2O2/c1-13(2)7-9-20(14(3)21)10-8-19-17(22)12-15-5-4-6-16(18)11-15/h4-6,11,13H,7-10,12H2,1-3H3,(H,19,22). The maximum Gasteiger partial charge on any atom is 0.224 e. The molecule has 0 aliphatic carbocycles. The Kier molecular flexibility index (Phi) is 8.17. The number of rotatable bonds is 8. The third-order valence-electron chi connectivity index (χ3n) is 3.38. The van der Waals surface area contributed by atoms with E-state index in [2.05, 4.69) is 35.1 Å². The Hall–Kier alpha value is -1.36. The lowest BCUT2D eigenvalue weighted by Crippen LogP contribution is -2.38. The SMILES string of the molecule is CC(=O)N(CCNC(=O)Cc1cccc(Br)c1)CCC(C)C. The van der Waals surface area contributed by atoms with Crippen molar-refractivity contribution < 1.29 is 9.59 Å². The summed E-state index contributed by atoms with van der Waals surface area (Å²) in [6, 6.07) is 7.70. The fraction of sp³-hybridized carbons (Fsp3) is 0.529. The van der Waals surface area contributed by atoms with Crippen molar-refractivity contribution in [3.8, 4) is 0 Å². The monoisotopic (exact) mass is 368 g/mol. The number of hydrogen-bond donors (Lipinski definition) is 1. The molecule has 0 atom stereocenters. The number of halogens is 1. The Morgan fingerprint density at radius 3 is 2.59 bits per heavy atom. The van der Waals surface area contributed by atoms with Crippen LogP contribution in [0.25, 0.3) is 0 Å². The second-order valence-electron chi connectivity index (χ2n) is 5.85. The van der Waals surface area contributed by atoms with Crippen LogP contribution in [0.2, 0.25) is 0 Å². The molecule has 0 aliphatic rings. The molecule has 0 aliphatic heterocycles. The highest BCUT2D eigenvalue weighted by atomic mass is 79.9. The fourth-order valence-corrected chi connectivity index (χ4v) is 2.51. The van der Waals surface area contributed by atoms with Gasteiger partial charge in [-0.15, -0.1) is 0 Å². The van der Waals surface area contributed by atoms with Gasteiger partial charge in [-0.3, -0.25) is 9.59 Å². The zero-order valence-corrected chi connectivity index (χ0v) is 15.1. The van der Waals surface area contributed by atoms with Crippen molar-refractivity contribution in [2.24, 2.45) is 5.92 Å². The maximum absolute atomic E-state index is 11.9. The number of benzene rings is 1. The molecular formula is C17H25BrN2O2. The topological polar surface area (TPSA) is 49.4 Å². The van der Waals surface area contributed by atoms with Crippen molar-refractivity contribution in [1.82, 2.24) is 10.2 Å². The van der Waals surface area contributed by atoms with Crippen molar-refractivity contribution in [1.29, 1.82) is 0 Å². The molecule has 0 fully saturated rings. The van der Waals surface area contributed by atoms with E-state index < -0.39 is 0 Å². The highest BCUT2D eigenvalue weighted by Crippen LogP contribution is 2.11. The van der Waals surface area contributed by atoms with E-state index in [0.29, 0.717) is 25.4 Å². The molecule has 122 valence electrons. The number of hydrogen-bond acceptors (Lipinski definition) is 2. The number of nitrogens with one attached hydrogen (secondary N) is 1. The van der Waals surface area contributed by atoms with Crippen LogP contribution in [-0.4, -0.2) is 36.3 Å². The van der Waals surface area contributed by atoms with Gasteiger partial charge in [0.25, 0.3) is 0 Å². The van der Waals surface area contributed by atoms with Gasteiger partial charge in [-0.05, 0) is 30.0 Å². The summed E-state index contributed by atoms with van der Waals surface area (Å²) in [5.41, 5.74) is 0.968. The molecular weight excluding hydrogens is 344 g/mol. The van der Waals surface area contributed by atoms with E-state index >= 15 is 0 Å². The molecule has 0 heterocycles. The zero-order valence-electron chi connectivity index (χ0n) is 13.6. The Balaban J connectivity index is 2.34. The summed E-state index contributed by atoms with van der Waals surface area (Å²) in [6.45, 7) is 7.64. The van der Waals surface area contributed by atoms with Crippen LogP contribution in [0.3, 0.4) is 0 Å². The summed E-state index contributed by atoms with van der Waals surface area (Å²) in [5.74, 6) is 0.598. The average Bonchev–Trinajstić information content (AvgIpc) is 2.41. The van der Waals surface area contributed by atoms with Crippen molar-refractivity contribution in [3.05, 3.63) is 34.3 Å². The Bertz CT molecular complexity index is 503. The van der Waals surface area contributed by atoms with Gasteiger partial charge >= 0.3 is 0 Å². The third kappa shape index (κ3) is 7.59. The van der Waals surface area contributed by atoms with Crippen molar-refractivity contribution in [2.75, 3.05) is 19.6 Å². The lowest BCUT2D eigenvalue weighted by atomic mass is 10.1. The van der Waals surface area contributed by atoms with Gasteiger partial charge in [0.2, 0.25) is 11.8 Å². The summed E-state index contributed by atoms with van der Waals surface area (Å²) in [7, 11) is 0. The minimum atomic E-state index is -0.0227. The van der Waals surface area contributed by atoms with Gasteiger partial charge < -0.3 is 10.2 Å². The zero-order chi connectivity index (χ0) is 16.5. The number of amides is 2. The van der Waals surface area contributed by atoms with Crippen molar-refractivity contribution in [3.63, 3.8) is 0 Å². The van der Waals surface area contributed by atoms with Gasteiger partial charge in [-0.2, -0.15) is 0 Å². The highest BCUT2D eigenvalue weighted by molar-refractivity contribution is 9.10. The van der Waals surface area contributed by atoms with Gasteiger partial charge in [0, 0.05) is 31.0 Å². The van der Waals surface area contributed by atoms with Crippen LogP contribution in [-0.2, 0) is 16.0 Å². The quantitative estimate of drug-likeness (QED) is 0.766. The van der Waals surface area contributed by atoms with Crippen LogP contribution in [0.5, 0.6) is 0 Å². The number of carbonyl (C=O) groups is 2. The molecule has 5 heteroatoms. The first-order valence-electron chi connectivity index (χ1n) is 7.65. The van der Waals surface area contributed by atoms with E-state index in [4.69, 9.17) is 0 Å². The van der Waals surface area contributed by atoms with Crippen molar-refractivity contribution >= 4 is 27.7 Å². The Labute approximate surface area is 141 Å². The molecule has 2 amide bonds. The van der Waals surface area contributed by atoms with E-state index in [-0.39, 0.29) is 11.8 Å². The molecule has 1 aromatic carbocycles. The van der Waals surface area contributed by atoms with Crippen LogP contribution in [0.1, 0.15) is 32.8 Å². The van der Waals surface area contributed by atoms with Gasteiger partial charge in [0.05, 0.1) is 6.42 Å². The van der Waals surface area contributed by atoms with Crippen LogP contribution >= 0.6 is 15.9 Å². The molecule has 0 bridgehead atoms. The molecule has 0 unspecified atom stereocenters. The van der Waals surface area contributed by atoms with Gasteiger partial charge in [0.15, 0.2) is 0 Å². The van der Waals surface area contributed by atoms with Crippen LogP contribution in [0, 0.1) is 5.92 Å². The van der Waals surface area contributed by atoms with Crippen molar-refractivity contribution in [2.45, 2.75) is 33.6 Å². The van der Waals surface area contributed by atoms with Crippen LogP contribution in [0.15, 0.2) is 28.7 Å². The summed E-state index contributed by atoms with van der Waals surface area (Å²) in [5, 5.41) is 2.88. The largest absolute Gasteiger partial charge is 0.354 e. The van der Waals surface area contributed by atoms with Gasteiger partial charge in [0.1, 0.15) is 0 Å². The van der Waals surface area contributed by atoms with Crippen LogP contribution in [0.4, 0.5) is 0 Å². The minimum Gasteiger partial charge on any atom is -0.354 e.